The molecule has 0 saturated heterocycles. The van der Waals surface area contributed by atoms with Crippen molar-refractivity contribution in [3.8, 4) is 0 Å². The Morgan fingerprint density at radius 2 is 2.00 bits per heavy atom. The second kappa shape index (κ2) is 7.45. The van der Waals surface area contributed by atoms with Crippen molar-refractivity contribution in [2.45, 2.75) is 20.4 Å². The van der Waals surface area contributed by atoms with Crippen LogP contribution < -0.4 is 5.32 Å². The molecule has 106 valence electrons. The number of carbonyl (C=O) groups is 2. The molecule has 0 saturated carbocycles. The number of furan rings is 1. The minimum absolute atomic E-state index is 0.0169. The molecule has 0 aliphatic heterocycles. The van der Waals surface area contributed by atoms with Gasteiger partial charge in [-0.15, -0.1) is 0 Å². The lowest BCUT2D eigenvalue weighted by Gasteiger charge is -2.20. The first-order valence-corrected chi connectivity index (χ1v) is 6.37. The first kappa shape index (κ1) is 15.1. The SMILES string of the molecule is CCN(CC)C(=O)CNC(=O)N(C)Cc1ccco1. The normalized spacial score (nSPS) is 10.1. The summed E-state index contributed by atoms with van der Waals surface area (Å²) in [6.45, 7) is 5.50. The Labute approximate surface area is 113 Å². The van der Waals surface area contributed by atoms with Gasteiger partial charge in [0, 0.05) is 20.1 Å². The van der Waals surface area contributed by atoms with Gasteiger partial charge in [-0.3, -0.25) is 4.79 Å². The Bertz CT molecular complexity index is 399. The van der Waals surface area contributed by atoms with E-state index >= 15 is 0 Å². The van der Waals surface area contributed by atoms with E-state index < -0.39 is 0 Å². The van der Waals surface area contributed by atoms with Gasteiger partial charge in [0.1, 0.15) is 5.76 Å². The fourth-order valence-corrected chi connectivity index (χ4v) is 1.68. The van der Waals surface area contributed by atoms with Crippen LogP contribution in [-0.4, -0.2) is 48.4 Å². The maximum absolute atomic E-state index is 11.8. The Kier molecular flexibility index (Phi) is 5.92. The highest BCUT2D eigenvalue weighted by atomic mass is 16.3. The molecule has 1 N–H and O–H groups in total. The molecule has 0 atom stereocenters. The van der Waals surface area contributed by atoms with E-state index in [1.54, 1.807) is 30.3 Å². The molecule has 0 radical (unpaired) electrons. The highest BCUT2D eigenvalue weighted by Gasteiger charge is 2.14. The van der Waals surface area contributed by atoms with Crippen LogP contribution in [0.4, 0.5) is 4.79 Å². The summed E-state index contributed by atoms with van der Waals surface area (Å²) in [4.78, 5) is 26.6. The number of nitrogens with zero attached hydrogens (tertiary/aromatic N) is 2. The van der Waals surface area contributed by atoms with E-state index in [0.29, 0.717) is 25.4 Å². The first-order valence-electron chi connectivity index (χ1n) is 6.37. The van der Waals surface area contributed by atoms with E-state index in [4.69, 9.17) is 4.42 Å². The van der Waals surface area contributed by atoms with Gasteiger partial charge in [-0.25, -0.2) is 4.79 Å². The molecule has 0 aliphatic carbocycles. The zero-order chi connectivity index (χ0) is 14.3. The van der Waals surface area contributed by atoms with Crippen molar-refractivity contribution in [2.24, 2.45) is 0 Å². The van der Waals surface area contributed by atoms with Crippen molar-refractivity contribution >= 4 is 11.9 Å². The van der Waals surface area contributed by atoms with Crippen LogP contribution in [0.15, 0.2) is 22.8 Å². The smallest absolute Gasteiger partial charge is 0.317 e. The van der Waals surface area contributed by atoms with E-state index in [0.717, 1.165) is 0 Å². The summed E-state index contributed by atoms with van der Waals surface area (Å²) < 4.78 is 5.16. The van der Waals surface area contributed by atoms with Gasteiger partial charge in [-0.1, -0.05) is 0 Å². The minimum atomic E-state index is -0.295. The van der Waals surface area contributed by atoms with Crippen LogP contribution in [0.1, 0.15) is 19.6 Å². The number of nitrogens with one attached hydrogen (secondary N) is 1. The third-order valence-corrected chi connectivity index (χ3v) is 2.83. The van der Waals surface area contributed by atoms with Crippen LogP contribution in [-0.2, 0) is 11.3 Å². The third-order valence-electron chi connectivity index (χ3n) is 2.83. The van der Waals surface area contributed by atoms with Crippen molar-refractivity contribution in [1.29, 1.82) is 0 Å². The molecule has 1 heterocycles. The van der Waals surface area contributed by atoms with E-state index in [1.165, 1.54) is 4.90 Å². The van der Waals surface area contributed by atoms with Gasteiger partial charge in [-0.05, 0) is 26.0 Å². The molecule has 3 amide bonds. The third kappa shape index (κ3) is 4.65. The molecule has 0 bridgehead atoms. The molecule has 0 aromatic carbocycles. The van der Waals surface area contributed by atoms with Gasteiger partial charge in [0.25, 0.3) is 0 Å². The van der Waals surface area contributed by atoms with Crippen LogP contribution in [0.5, 0.6) is 0 Å². The van der Waals surface area contributed by atoms with Crippen molar-refractivity contribution < 1.29 is 14.0 Å². The summed E-state index contributed by atoms with van der Waals surface area (Å²) in [6, 6.07) is 3.27. The molecule has 19 heavy (non-hydrogen) atoms. The van der Waals surface area contributed by atoms with Crippen LogP contribution in [0.25, 0.3) is 0 Å². The van der Waals surface area contributed by atoms with E-state index in [1.807, 2.05) is 13.8 Å². The molecule has 0 unspecified atom stereocenters. The van der Waals surface area contributed by atoms with Crippen molar-refractivity contribution in [3.63, 3.8) is 0 Å². The summed E-state index contributed by atoms with van der Waals surface area (Å²) in [6.07, 6.45) is 1.56. The highest BCUT2D eigenvalue weighted by Crippen LogP contribution is 2.03. The molecule has 0 spiro atoms. The highest BCUT2D eigenvalue weighted by molar-refractivity contribution is 5.83. The number of likely N-dealkylation sites (N-methyl/N-ethyl adjacent to an activating group) is 1. The molecule has 6 heteroatoms. The largest absolute Gasteiger partial charge is 0.467 e. The Morgan fingerprint density at radius 1 is 1.32 bits per heavy atom. The second-order valence-electron chi connectivity index (χ2n) is 4.16. The van der Waals surface area contributed by atoms with Gasteiger partial charge in [-0.2, -0.15) is 0 Å². The molecule has 0 fully saturated rings. The maximum Gasteiger partial charge on any atom is 0.317 e. The molecule has 1 aromatic heterocycles. The zero-order valence-corrected chi connectivity index (χ0v) is 11.7. The lowest BCUT2D eigenvalue weighted by atomic mass is 10.4. The van der Waals surface area contributed by atoms with E-state index in [9.17, 15) is 9.59 Å². The Morgan fingerprint density at radius 3 is 2.53 bits per heavy atom. The predicted octanol–water partition coefficient (Wildman–Crippen LogP) is 1.29. The number of hydrogen-bond acceptors (Lipinski definition) is 3. The standard InChI is InChI=1S/C13H21N3O3/c1-4-16(5-2)12(17)9-14-13(18)15(3)10-11-7-6-8-19-11/h6-8H,4-5,9-10H2,1-3H3,(H,14,18). The van der Waals surface area contributed by atoms with Crippen molar-refractivity contribution in [2.75, 3.05) is 26.7 Å². The number of rotatable bonds is 6. The van der Waals surface area contributed by atoms with Crippen LogP contribution >= 0.6 is 0 Å². The monoisotopic (exact) mass is 267 g/mol. The van der Waals surface area contributed by atoms with Crippen molar-refractivity contribution in [1.82, 2.24) is 15.1 Å². The fraction of sp³-hybridized carbons (Fsp3) is 0.538. The lowest BCUT2D eigenvalue weighted by molar-refractivity contribution is -0.129. The molecule has 6 nitrogen and oxygen atoms in total. The Balaban J connectivity index is 2.36. The number of amides is 3. The van der Waals surface area contributed by atoms with Gasteiger partial charge >= 0.3 is 6.03 Å². The van der Waals surface area contributed by atoms with E-state index in [2.05, 4.69) is 5.32 Å². The zero-order valence-electron chi connectivity index (χ0n) is 11.7. The summed E-state index contributed by atoms with van der Waals surface area (Å²) >= 11 is 0. The average Bonchev–Trinajstić information content (AvgIpc) is 2.90. The molecule has 0 aliphatic rings. The lowest BCUT2D eigenvalue weighted by Crippen LogP contribution is -2.44. The number of urea groups is 1. The molecule has 1 aromatic rings. The number of hydrogen-bond donors (Lipinski definition) is 1. The Hall–Kier alpha value is -1.98. The quantitative estimate of drug-likeness (QED) is 0.844. The summed E-state index contributed by atoms with van der Waals surface area (Å²) in [5, 5.41) is 2.60. The topological polar surface area (TPSA) is 65.8 Å². The summed E-state index contributed by atoms with van der Waals surface area (Å²) in [7, 11) is 1.65. The summed E-state index contributed by atoms with van der Waals surface area (Å²) in [5.41, 5.74) is 0. The minimum Gasteiger partial charge on any atom is -0.467 e. The van der Waals surface area contributed by atoms with Crippen molar-refractivity contribution in [3.05, 3.63) is 24.2 Å². The fourth-order valence-electron chi connectivity index (χ4n) is 1.68. The van der Waals surface area contributed by atoms with Crippen LogP contribution in [0.2, 0.25) is 0 Å². The predicted molar refractivity (Wildman–Crippen MR) is 71.5 cm³/mol. The van der Waals surface area contributed by atoms with Crippen LogP contribution in [0.3, 0.4) is 0 Å². The molecular formula is C13H21N3O3. The van der Waals surface area contributed by atoms with Gasteiger partial charge in [0.05, 0.1) is 19.4 Å². The summed E-state index contributed by atoms with van der Waals surface area (Å²) in [5.74, 6) is 0.623. The number of carbonyl (C=O) groups excluding carboxylic acids is 2. The maximum atomic E-state index is 11.8. The average molecular weight is 267 g/mol. The van der Waals surface area contributed by atoms with Gasteiger partial charge < -0.3 is 19.5 Å². The van der Waals surface area contributed by atoms with Gasteiger partial charge in [0.15, 0.2) is 0 Å². The molecular weight excluding hydrogens is 246 g/mol. The van der Waals surface area contributed by atoms with E-state index in [-0.39, 0.29) is 18.5 Å². The second-order valence-corrected chi connectivity index (χ2v) is 4.16. The first-order chi connectivity index (χ1) is 9.08. The van der Waals surface area contributed by atoms with Gasteiger partial charge in [0.2, 0.25) is 5.91 Å². The van der Waals surface area contributed by atoms with Crippen LogP contribution in [0, 0.1) is 0 Å². The molecule has 1 rings (SSSR count).